The lowest BCUT2D eigenvalue weighted by atomic mass is 10.1. The van der Waals surface area contributed by atoms with E-state index >= 15 is 0 Å². The van der Waals surface area contributed by atoms with E-state index in [1.165, 1.54) is 0 Å². The predicted octanol–water partition coefficient (Wildman–Crippen LogP) is 2.14. The van der Waals surface area contributed by atoms with Crippen LogP contribution < -0.4 is 0 Å². The molecule has 1 aromatic rings. The molecule has 19 heavy (non-hydrogen) atoms. The van der Waals surface area contributed by atoms with E-state index in [4.69, 9.17) is 0 Å². The van der Waals surface area contributed by atoms with Crippen molar-refractivity contribution in [2.75, 3.05) is 0 Å². The lowest BCUT2D eigenvalue weighted by Gasteiger charge is -2.19. The average molecular weight is 277 g/mol. The number of rotatable bonds is 2. The number of carbonyl (C=O) groups excluding carboxylic acids is 2. The Hall–Kier alpha value is -2.25. The van der Waals surface area contributed by atoms with Crippen molar-refractivity contribution in [3.8, 4) is 0 Å². The first kappa shape index (κ1) is 13.2. The van der Waals surface area contributed by atoms with Crippen molar-refractivity contribution < 1.29 is 31.5 Å². The number of hydrogen-bond donors (Lipinski definition) is 0. The number of carbonyl (C=O) groups is 2. The second-order valence-corrected chi connectivity index (χ2v) is 3.61. The van der Waals surface area contributed by atoms with Crippen molar-refractivity contribution in [1.29, 1.82) is 0 Å². The van der Waals surface area contributed by atoms with Gasteiger partial charge in [-0.1, -0.05) is 0 Å². The van der Waals surface area contributed by atoms with Gasteiger partial charge < -0.3 is 0 Å². The predicted molar refractivity (Wildman–Crippen MR) is 51.1 cm³/mol. The Bertz CT molecular complexity index is 596. The highest BCUT2D eigenvalue weighted by atomic mass is 19.2. The van der Waals surface area contributed by atoms with E-state index in [1.54, 1.807) is 0 Å². The fourth-order valence-corrected chi connectivity index (χ4v) is 1.54. The van der Waals surface area contributed by atoms with E-state index in [0.717, 1.165) is 0 Å². The van der Waals surface area contributed by atoms with Crippen LogP contribution in [0.1, 0.15) is 11.9 Å². The van der Waals surface area contributed by atoms with Crippen molar-refractivity contribution in [2.45, 2.75) is 6.30 Å². The normalized spacial score (nSPS) is 16.4. The lowest BCUT2D eigenvalue weighted by molar-refractivity contribution is -0.143. The molecule has 0 saturated carbocycles. The van der Waals surface area contributed by atoms with E-state index in [9.17, 15) is 31.5 Å². The van der Waals surface area contributed by atoms with Gasteiger partial charge in [-0.2, -0.15) is 0 Å². The molecule has 1 aliphatic rings. The third-order valence-corrected chi connectivity index (χ3v) is 2.46. The smallest absolute Gasteiger partial charge is 0.256 e. The summed E-state index contributed by atoms with van der Waals surface area (Å²) in [6, 6.07) is 0.0529. The highest BCUT2D eigenvalue weighted by Gasteiger charge is 2.35. The minimum absolute atomic E-state index is 0.0464. The third-order valence-electron chi connectivity index (χ3n) is 2.46. The summed E-state index contributed by atoms with van der Waals surface area (Å²) in [5, 5.41) is 0. The fourth-order valence-electron chi connectivity index (χ4n) is 1.54. The second-order valence-electron chi connectivity index (χ2n) is 3.61. The van der Waals surface area contributed by atoms with Crippen molar-refractivity contribution in [1.82, 2.24) is 4.90 Å². The number of benzene rings is 1. The molecule has 0 bridgehead atoms. The minimum Gasteiger partial charge on any atom is -0.269 e. The Balaban J connectivity index is 2.48. The topological polar surface area (TPSA) is 37.4 Å². The second kappa shape index (κ2) is 4.45. The quantitative estimate of drug-likeness (QED) is 0.273. The monoisotopic (exact) mass is 277 g/mol. The Labute approximate surface area is 102 Å². The van der Waals surface area contributed by atoms with Crippen molar-refractivity contribution in [3.05, 3.63) is 47.1 Å². The molecule has 0 N–H and O–H groups in total. The van der Waals surface area contributed by atoms with Crippen LogP contribution in [0.25, 0.3) is 0 Å². The van der Waals surface area contributed by atoms with Gasteiger partial charge in [-0.25, -0.2) is 26.9 Å². The van der Waals surface area contributed by atoms with Crippen molar-refractivity contribution in [2.24, 2.45) is 0 Å². The molecule has 1 unspecified atom stereocenters. The molecular weight excluding hydrogens is 273 g/mol. The summed E-state index contributed by atoms with van der Waals surface area (Å²) >= 11 is 0. The lowest BCUT2D eigenvalue weighted by Crippen LogP contribution is -2.32. The third kappa shape index (κ3) is 1.98. The highest BCUT2D eigenvalue weighted by molar-refractivity contribution is 6.13. The number of amides is 2. The van der Waals surface area contributed by atoms with Gasteiger partial charge in [-0.15, -0.1) is 0 Å². The summed E-state index contributed by atoms with van der Waals surface area (Å²) in [5.74, 6) is -10.4. The van der Waals surface area contributed by atoms with Gasteiger partial charge in [0, 0.05) is 17.7 Å². The molecule has 0 aliphatic carbocycles. The van der Waals surface area contributed by atoms with E-state index in [1.807, 2.05) is 0 Å². The number of hydrogen-bond acceptors (Lipinski definition) is 2. The van der Waals surface area contributed by atoms with Crippen molar-refractivity contribution >= 4 is 11.8 Å². The first-order valence-corrected chi connectivity index (χ1v) is 4.86. The first-order chi connectivity index (χ1) is 8.84. The molecule has 1 heterocycles. The van der Waals surface area contributed by atoms with Crippen LogP contribution in [0.3, 0.4) is 0 Å². The van der Waals surface area contributed by atoms with Gasteiger partial charge in [0.15, 0.2) is 23.3 Å². The zero-order valence-electron chi connectivity index (χ0n) is 8.96. The molecule has 1 atom stereocenters. The van der Waals surface area contributed by atoms with Gasteiger partial charge in [0.2, 0.25) is 6.30 Å². The maximum Gasteiger partial charge on any atom is 0.256 e. The van der Waals surface area contributed by atoms with Gasteiger partial charge in [0.1, 0.15) is 0 Å². The Morgan fingerprint density at radius 2 is 1.42 bits per heavy atom. The first-order valence-electron chi connectivity index (χ1n) is 4.86. The van der Waals surface area contributed by atoms with Gasteiger partial charge in [-0.3, -0.25) is 9.59 Å². The van der Waals surface area contributed by atoms with Crippen LogP contribution in [0, 0.1) is 23.3 Å². The Kier molecular flexibility index (Phi) is 3.09. The molecule has 2 rings (SSSR count). The molecule has 1 aromatic carbocycles. The highest BCUT2D eigenvalue weighted by Crippen LogP contribution is 2.30. The number of imide groups is 1. The van der Waals surface area contributed by atoms with Crippen LogP contribution in [0.15, 0.2) is 18.2 Å². The summed E-state index contributed by atoms with van der Waals surface area (Å²) in [6.45, 7) is 0. The van der Waals surface area contributed by atoms with Crippen LogP contribution in [-0.4, -0.2) is 16.7 Å². The molecule has 100 valence electrons. The molecule has 0 aromatic heterocycles. The van der Waals surface area contributed by atoms with Crippen LogP contribution in [0.2, 0.25) is 0 Å². The summed E-state index contributed by atoms with van der Waals surface area (Å²) in [5.41, 5.74) is -1.28. The van der Waals surface area contributed by atoms with Gasteiger partial charge in [0.05, 0.1) is 0 Å². The molecule has 0 fully saturated rings. The summed E-state index contributed by atoms with van der Waals surface area (Å²) < 4.78 is 65.7. The molecule has 0 radical (unpaired) electrons. The van der Waals surface area contributed by atoms with Gasteiger partial charge in [-0.05, 0) is 6.07 Å². The van der Waals surface area contributed by atoms with Gasteiger partial charge >= 0.3 is 0 Å². The molecule has 1 aliphatic heterocycles. The van der Waals surface area contributed by atoms with Crippen LogP contribution >= 0.6 is 0 Å². The van der Waals surface area contributed by atoms with Gasteiger partial charge in [0.25, 0.3) is 11.8 Å². The molecule has 3 nitrogen and oxygen atoms in total. The van der Waals surface area contributed by atoms with Crippen LogP contribution in [0.4, 0.5) is 22.0 Å². The van der Waals surface area contributed by atoms with Crippen LogP contribution in [-0.2, 0) is 9.59 Å². The molecule has 0 spiro atoms. The molecule has 2 amide bonds. The van der Waals surface area contributed by atoms with E-state index in [-0.39, 0.29) is 11.0 Å². The zero-order valence-corrected chi connectivity index (χ0v) is 8.96. The molecule has 8 heteroatoms. The van der Waals surface area contributed by atoms with E-state index in [2.05, 4.69) is 0 Å². The number of alkyl halides is 1. The average Bonchev–Trinajstić information content (AvgIpc) is 2.70. The van der Waals surface area contributed by atoms with E-state index in [0.29, 0.717) is 12.2 Å². The fraction of sp³-hybridized carbons (Fsp3) is 0.0909. The maximum absolute atomic E-state index is 13.8. The minimum atomic E-state index is -2.75. The SMILES string of the molecule is O=C1C=CC(=O)N1C(F)c1cc(F)c(F)c(F)c1F. The zero-order chi connectivity index (χ0) is 14.3. The Morgan fingerprint density at radius 1 is 0.895 bits per heavy atom. The Morgan fingerprint density at radius 3 is 1.95 bits per heavy atom. The molecule has 0 saturated heterocycles. The number of halogens is 5. The summed E-state index contributed by atoms with van der Waals surface area (Å²) in [7, 11) is 0. The van der Waals surface area contributed by atoms with Crippen molar-refractivity contribution in [3.63, 3.8) is 0 Å². The van der Waals surface area contributed by atoms with Crippen LogP contribution in [0.5, 0.6) is 0 Å². The number of nitrogens with zero attached hydrogens (tertiary/aromatic N) is 1. The summed E-state index contributed by atoms with van der Waals surface area (Å²) in [4.78, 5) is 22.2. The molecular formula is C11H4F5NO2. The summed E-state index contributed by atoms with van der Waals surface area (Å²) in [6.07, 6.45) is -1.33. The largest absolute Gasteiger partial charge is 0.269 e. The van der Waals surface area contributed by atoms with E-state index < -0.39 is 46.9 Å². The maximum atomic E-state index is 13.8. The standard InChI is InChI=1S/C11H4F5NO2/c12-5-3-4(8(13)10(15)9(5)14)11(16)17-6(18)1-2-7(17)19/h1-3,11H.